The van der Waals surface area contributed by atoms with Crippen molar-refractivity contribution >= 4 is 0 Å². The normalized spacial score (nSPS) is 18.4. The Morgan fingerprint density at radius 1 is 1.15 bits per heavy atom. The van der Waals surface area contributed by atoms with Crippen LogP contribution in [0.25, 0.3) is 11.3 Å². The van der Waals surface area contributed by atoms with E-state index in [4.69, 9.17) is 0 Å². The Balaban J connectivity index is 1.77. The molecule has 3 heteroatoms. The van der Waals surface area contributed by atoms with E-state index in [1.165, 1.54) is 41.6 Å². The van der Waals surface area contributed by atoms with Crippen molar-refractivity contribution in [1.29, 1.82) is 0 Å². The molecule has 1 fully saturated rings. The van der Waals surface area contributed by atoms with Gasteiger partial charge in [-0.3, -0.25) is 0 Å². The van der Waals surface area contributed by atoms with Gasteiger partial charge in [-0.25, -0.2) is 9.97 Å². The van der Waals surface area contributed by atoms with Gasteiger partial charge in [0.25, 0.3) is 0 Å². The number of fused-ring (bicyclic) bond motifs is 1. The van der Waals surface area contributed by atoms with Crippen molar-refractivity contribution in [2.24, 2.45) is 0 Å². The minimum atomic E-state index is 0.769. The lowest BCUT2D eigenvalue weighted by atomic mass is 9.79. The van der Waals surface area contributed by atoms with Crippen molar-refractivity contribution in [3.63, 3.8) is 0 Å². The van der Waals surface area contributed by atoms with Crippen molar-refractivity contribution in [1.82, 2.24) is 15.3 Å². The molecular formula is C17H19N3. The fourth-order valence-electron chi connectivity index (χ4n) is 3.20. The van der Waals surface area contributed by atoms with Gasteiger partial charge >= 0.3 is 0 Å². The highest BCUT2D eigenvalue weighted by atomic mass is 14.9. The molecule has 0 spiro atoms. The molecule has 102 valence electrons. The van der Waals surface area contributed by atoms with Crippen LogP contribution < -0.4 is 5.32 Å². The van der Waals surface area contributed by atoms with Gasteiger partial charge in [-0.05, 0) is 30.4 Å². The topological polar surface area (TPSA) is 37.8 Å². The average molecular weight is 265 g/mol. The number of benzene rings is 1. The molecule has 0 amide bonds. The first kappa shape index (κ1) is 12.0. The molecule has 0 atom stereocenters. The van der Waals surface area contributed by atoms with E-state index in [-0.39, 0.29) is 0 Å². The van der Waals surface area contributed by atoms with E-state index in [9.17, 15) is 0 Å². The molecule has 0 unspecified atom stereocenters. The number of nitrogens with one attached hydrogen (secondary N) is 1. The number of hydrogen-bond donors (Lipinski definition) is 1. The summed E-state index contributed by atoms with van der Waals surface area (Å²) in [5, 5.41) is 3.43. The molecular weight excluding hydrogens is 246 g/mol. The highest BCUT2D eigenvalue weighted by Gasteiger charge is 2.21. The SMILES string of the molecule is c1cc(-c2ncnc3c2CNCC3)cc(C2CCC2)c1. The van der Waals surface area contributed by atoms with Crippen LogP contribution in [-0.4, -0.2) is 16.5 Å². The van der Waals surface area contributed by atoms with Crippen LogP contribution in [0.4, 0.5) is 0 Å². The lowest BCUT2D eigenvalue weighted by Gasteiger charge is -2.26. The largest absolute Gasteiger partial charge is 0.312 e. The van der Waals surface area contributed by atoms with Gasteiger partial charge < -0.3 is 5.32 Å². The Morgan fingerprint density at radius 2 is 2.10 bits per heavy atom. The molecule has 1 N–H and O–H groups in total. The fourth-order valence-corrected chi connectivity index (χ4v) is 3.20. The molecule has 3 nitrogen and oxygen atoms in total. The van der Waals surface area contributed by atoms with Crippen molar-refractivity contribution in [2.75, 3.05) is 6.54 Å². The average Bonchev–Trinajstić information content (AvgIpc) is 2.45. The van der Waals surface area contributed by atoms with Crippen LogP contribution in [0.5, 0.6) is 0 Å². The highest BCUT2D eigenvalue weighted by molar-refractivity contribution is 5.65. The summed E-state index contributed by atoms with van der Waals surface area (Å²) in [5.74, 6) is 0.769. The van der Waals surface area contributed by atoms with Crippen molar-refractivity contribution < 1.29 is 0 Å². The summed E-state index contributed by atoms with van der Waals surface area (Å²) in [7, 11) is 0. The third kappa shape index (κ3) is 2.02. The molecule has 20 heavy (non-hydrogen) atoms. The third-order valence-electron chi connectivity index (χ3n) is 4.61. The summed E-state index contributed by atoms with van der Waals surface area (Å²) in [5.41, 5.74) is 6.33. The molecule has 1 aliphatic heterocycles. The van der Waals surface area contributed by atoms with Gasteiger partial charge in [0.2, 0.25) is 0 Å². The number of rotatable bonds is 2. The summed E-state index contributed by atoms with van der Waals surface area (Å²) in [6.45, 7) is 1.91. The Labute approximate surface area is 119 Å². The van der Waals surface area contributed by atoms with Crippen LogP contribution in [0.15, 0.2) is 30.6 Å². The summed E-state index contributed by atoms with van der Waals surface area (Å²) in [6, 6.07) is 8.95. The van der Waals surface area contributed by atoms with E-state index >= 15 is 0 Å². The van der Waals surface area contributed by atoms with Crippen molar-refractivity contribution in [3.05, 3.63) is 47.4 Å². The van der Waals surface area contributed by atoms with Crippen molar-refractivity contribution in [2.45, 2.75) is 38.1 Å². The van der Waals surface area contributed by atoms with Crippen molar-refractivity contribution in [3.8, 4) is 11.3 Å². The van der Waals surface area contributed by atoms with Crippen LogP contribution in [-0.2, 0) is 13.0 Å². The van der Waals surface area contributed by atoms with Crippen LogP contribution in [0.1, 0.15) is 42.0 Å². The van der Waals surface area contributed by atoms with Crippen LogP contribution >= 0.6 is 0 Å². The molecule has 1 aliphatic carbocycles. The van der Waals surface area contributed by atoms with Gasteiger partial charge in [-0.15, -0.1) is 0 Å². The molecule has 1 saturated carbocycles. The minimum absolute atomic E-state index is 0.769. The van der Waals surface area contributed by atoms with Gasteiger partial charge in [0.1, 0.15) is 6.33 Å². The number of nitrogens with zero attached hydrogens (tertiary/aromatic N) is 2. The van der Waals surface area contributed by atoms with E-state index < -0.39 is 0 Å². The lowest BCUT2D eigenvalue weighted by Crippen LogP contribution is -2.25. The van der Waals surface area contributed by atoms with Gasteiger partial charge in [0.05, 0.1) is 11.4 Å². The first-order valence-electron chi connectivity index (χ1n) is 7.55. The fraction of sp³-hybridized carbons (Fsp3) is 0.412. The second kappa shape index (κ2) is 4.98. The van der Waals surface area contributed by atoms with Gasteiger partial charge in [-0.1, -0.05) is 24.6 Å². The molecule has 0 bridgehead atoms. The Hall–Kier alpha value is -1.74. The first-order valence-corrected chi connectivity index (χ1v) is 7.55. The lowest BCUT2D eigenvalue weighted by molar-refractivity contribution is 0.420. The van der Waals surface area contributed by atoms with Gasteiger partial charge in [0, 0.05) is 30.6 Å². The van der Waals surface area contributed by atoms with Gasteiger partial charge in [-0.2, -0.15) is 0 Å². The third-order valence-corrected chi connectivity index (χ3v) is 4.61. The molecule has 1 aromatic heterocycles. The quantitative estimate of drug-likeness (QED) is 0.907. The van der Waals surface area contributed by atoms with E-state index in [1.807, 2.05) is 0 Å². The molecule has 2 heterocycles. The summed E-state index contributed by atoms with van der Waals surface area (Å²) in [4.78, 5) is 8.99. The summed E-state index contributed by atoms with van der Waals surface area (Å²) >= 11 is 0. The molecule has 4 rings (SSSR count). The second-order valence-corrected chi connectivity index (χ2v) is 5.83. The maximum Gasteiger partial charge on any atom is 0.116 e. The number of aromatic nitrogens is 2. The van der Waals surface area contributed by atoms with Crippen LogP contribution in [0.2, 0.25) is 0 Å². The predicted molar refractivity (Wildman–Crippen MR) is 79.5 cm³/mol. The summed E-state index contributed by atoms with van der Waals surface area (Å²) in [6.07, 6.45) is 6.78. The molecule has 0 radical (unpaired) electrons. The maximum absolute atomic E-state index is 4.56. The Kier molecular flexibility index (Phi) is 3.00. The second-order valence-electron chi connectivity index (χ2n) is 5.83. The predicted octanol–water partition coefficient (Wildman–Crippen LogP) is 3.06. The van der Waals surface area contributed by atoms with Crippen LogP contribution in [0.3, 0.4) is 0 Å². The Bertz CT molecular complexity index is 632. The van der Waals surface area contributed by atoms with E-state index in [1.54, 1.807) is 6.33 Å². The van der Waals surface area contributed by atoms with E-state index in [0.29, 0.717) is 0 Å². The van der Waals surface area contributed by atoms with Crippen LogP contribution in [0, 0.1) is 0 Å². The highest BCUT2D eigenvalue weighted by Crippen LogP contribution is 2.37. The minimum Gasteiger partial charge on any atom is -0.312 e. The number of hydrogen-bond acceptors (Lipinski definition) is 3. The monoisotopic (exact) mass is 265 g/mol. The summed E-state index contributed by atoms with van der Waals surface area (Å²) < 4.78 is 0. The molecule has 2 aliphatic rings. The van der Waals surface area contributed by atoms with E-state index in [0.717, 1.165) is 31.1 Å². The van der Waals surface area contributed by atoms with E-state index in [2.05, 4.69) is 39.6 Å². The standard InChI is InChI=1S/C17H19N3/c1-3-12(4-1)13-5-2-6-14(9-13)17-15-10-18-8-7-16(15)19-11-20-17/h2,5-6,9,11-12,18H,1,3-4,7-8,10H2. The smallest absolute Gasteiger partial charge is 0.116 e. The zero-order chi connectivity index (χ0) is 13.4. The molecule has 2 aromatic rings. The first-order chi connectivity index (χ1) is 9.92. The zero-order valence-corrected chi connectivity index (χ0v) is 11.6. The zero-order valence-electron chi connectivity index (χ0n) is 11.6. The molecule has 1 aromatic carbocycles. The maximum atomic E-state index is 4.56. The van der Waals surface area contributed by atoms with Gasteiger partial charge in [0.15, 0.2) is 0 Å². The molecule has 0 saturated heterocycles. The Morgan fingerprint density at radius 3 is 2.95 bits per heavy atom.